The van der Waals surface area contributed by atoms with Crippen LogP contribution < -0.4 is 31.0 Å². The average Bonchev–Trinajstić information content (AvgIpc) is 2.87. The van der Waals surface area contributed by atoms with Gasteiger partial charge in [-0.25, -0.2) is 8.42 Å². The molecule has 2 aromatic rings. The van der Waals surface area contributed by atoms with Crippen molar-refractivity contribution in [3.8, 4) is 11.5 Å². The van der Waals surface area contributed by atoms with E-state index in [4.69, 9.17) is 9.47 Å². The molecule has 40 heavy (non-hydrogen) atoms. The summed E-state index contributed by atoms with van der Waals surface area (Å²) in [4.78, 5) is 27.0. The van der Waals surface area contributed by atoms with Crippen LogP contribution in [0.15, 0.2) is 41.3 Å². The van der Waals surface area contributed by atoms with Gasteiger partial charge in [-0.15, -0.1) is 0 Å². The fraction of sp³-hybridized carbons (Fsp3) is 0.538. The van der Waals surface area contributed by atoms with Crippen molar-refractivity contribution >= 4 is 21.4 Å². The fourth-order valence-corrected chi connectivity index (χ4v) is 4.68. The summed E-state index contributed by atoms with van der Waals surface area (Å²) in [6.45, 7) is 3.60. The summed E-state index contributed by atoms with van der Waals surface area (Å²) in [5.74, 6) is -0.114. The molecule has 224 valence electrons. The third-order valence-corrected chi connectivity index (χ3v) is 6.97. The molecule has 0 spiro atoms. The van der Waals surface area contributed by atoms with Crippen LogP contribution in [0.1, 0.15) is 38.3 Å². The van der Waals surface area contributed by atoms with Crippen molar-refractivity contribution in [1.82, 2.24) is 15.6 Å². The number of sulfone groups is 1. The zero-order chi connectivity index (χ0) is 30.1. The summed E-state index contributed by atoms with van der Waals surface area (Å²) in [5.41, 5.74) is -0.264. The number of pyridine rings is 1. The summed E-state index contributed by atoms with van der Waals surface area (Å²) in [6.07, 6.45) is -2.66. The minimum Gasteiger partial charge on any atom is -0.497 e. The smallest absolute Gasteiger partial charge is 0.407 e. The lowest BCUT2D eigenvalue weighted by Gasteiger charge is -2.30. The number of rotatable bonds is 15. The van der Waals surface area contributed by atoms with E-state index in [0.29, 0.717) is 17.2 Å². The number of carbonyl (C=O) groups excluding carboxylic acids is 1. The molecule has 1 aromatic carbocycles. The van der Waals surface area contributed by atoms with Crippen LogP contribution in [-0.4, -0.2) is 70.3 Å². The molecule has 1 aromatic heterocycles. The predicted octanol–water partition coefficient (Wildman–Crippen LogP) is 3.03. The molecule has 0 fully saturated rings. The van der Waals surface area contributed by atoms with E-state index in [-0.39, 0.29) is 36.6 Å². The van der Waals surface area contributed by atoms with E-state index in [0.717, 1.165) is 24.6 Å². The standard InChI is InChI=1S/C26H37F3N4O6S/c1-16(2)12-21(33-24(26(27,28)29)17-6-9-23(34)31-14-17)25(35)32-18(10-11-40(5,36)37)15-30-20-8-7-19(38-3)13-22(20)39-4/h6-9,13-14,16,18,21,24,30,33H,10-12,15H2,1-5H3,(H,31,34)(H,32,35)/t18-,21-,24-/m0/s1. The Bertz CT molecular complexity index is 1260. The largest absolute Gasteiger partial charge is 0.497 e. The highest BCUT2D eigenvalue weighted by molar-refractivity contribution is 7.90. The molecular weight excluding hydrogens is 553 g/mol. The lowest BCUT2D eigenvalue weighted by Crippen LogP contribution is -2.53. The Hall–Kier alpha value is -3.26. The zero-order valence-corrected chi connectivity index (χ0v) is 23.9. The predicted molar refractivity (Wildman–Crippen MR) is 147 cm³/mol. The minimum atomic E-state index is -4.77. The van der Waals surface area contributed by atoms with Crippen molar-refractivity contribution in [3.05, 3.63) is 52.4 Å². The number of hydrogen-bond donors (Lipinski definition) is 4. The maximum Gasteiger partial charge on any atom is 0.407 e. The molecule has 0 aliphatic rings. The molecule has 1 amide bonds. The van der Waals surface area contributed by atoms with Gasteiger partial charge in [-0.1, -0.05) is 19.9 Å². The van der Waals surface area contributed by atoms with E-state index in [1.807, 2.05) is 0 Å². The van der Waals surface area contributed by atoms with Gasteiger partial charge in [-0.05, 0) is 36.5 Å². The molecule has 14 heteroatoms. The monoisotopic (exact) mass is 590 g/mol. The Balaban J connectivity index is 2.29. The van der Waals surface area contributed by atoms with E-state index < -0.39 is 45.6 Å². The van der Waals surface area contributed by atoms with Crippen molar-refractivity contribution < 1.29 is 35.9 Å². The van der Waals surface area contributed by atoms with E-state index in [2.05, 4.69) is 20.9 Å². The van der Waals surface area contributed by atoms with Crippen LogP contribution in [-0.2, 0) is 14.6 Å². The SMILES string of the molecule is COc1ccc(NC[C@H](CCS(C)(=O)=O)NC(=O)[C@H](CC(C)C)N[C@@H](c2ccc(=O)[nH]c2)C(F)(F)F)c(OC)c1. The lowest BCUT2D eigenvalue weighted by atomic mass is 9.99. The van der Waals surface area contributed by atoms with Crippen molar-refractivity contribution in [2.75, 3.05) is 38.1 Å². The number of methoxy groups -OCH3 is 2. The third kappa shape index (κ3) is 10.7. The van der Waals surface area contributed by atoms with E-state index in [9.17, 15) is 31.2 Å². The van der Waals surface area contributed by atoms with E-state index in [1.54, 1.807) is 32.0 Å². The van der Waals surface area contributed by atoms with Gasteiger partial charge in [0.05, 0.1) is 31.7 Å². The topological polar surface area (TPSA) is 139 Å². The van der Waals surface area contributed by atoms with Crippen LogP contribution in [0.4, 0.5) is 18.9 Å². The van der Waals surface area contributed by atoms with Crippen LogP contribution in [0.25, 0.3) is 0 Å². The highest BCUT2D eigenvalue weighted by Gasteiger charge is 2.43. The number of nitrogens with one attached hydrogen (secondary N) is 4. The minimum absolute atomic E-state index is 0.0209. The molecule has 2 rings (SSSR count). The van der Waals surface area contributed by atoms with Crippen LogP contribution in [0.3, 0.4) is 0 Å². The second-order valence-corrected chi connectivity index (χ2v) is 12.1. The molecule has 4 N–H and O–H groups in total. The van der Waals surface area contributed by atoms with Gasteiger partial charge in [0.2, 0.25) is 11.5 Å². The summed E-state index contributed by atoms with van der Waals surface area (Å²) in [5, 5.41) is 8.24. The Morgan fingerprint density at radius 1 is 1.10 bits per heavy atom. The molecule has 0 unspecified atom stereocenters. The molecule has 0 saturated heterocycles. The first kappa shape index (κ1) is 32.9. The van der Waals surface area contributed by atoms with Crippen LogP contribution in [0.2, 0.25) is 0 Å². The van der Waals surface area contributed by atoms with Gasteiger partial charge >= 0.3 is 6.18 Å². The van der Waals surface area contributed by atoms with Gasteiger partial charge < -0.3 is 25.1 Å². The van der Waals surface area contributed by atoms with Crippen molar-refractivity contribution in [1.29, 1.82) is 0 Å². The molecule has 0 aliphatic heterocycles. The van der Waals surface area contributed by atoms with Gasteiger partial charge in [-0.3, -0.25) is 14.9 Å². The number of aromatic nitrogens is 1. The summed E-state index contributed by atoms with van der Waals surface area (Å²) >= 11 is 0. The quantitative estimate of drug-likeness (QED) is 0.248. The van der Waals surface area contributed by atoms with Crippen molar-refractivity contribution in [2.24, 2.45) is 5.92 Å². The number of H-pyrrole nitrogens is 1. The molecule has 0 bridgehead atoms. The van der Waals surface area contributed by atoms with Crippen molar-refractivity contribution in [2.45, 2.75) is 51.0 Å². The average molecular weight is 591 g/mol. The van der Waals surface area contributed by atoms with Crippen LogP contribution >= 0.6 is 0 Å². The van der Waals surface area contributed by atoms with Gasteiger partial charge in [-0.2, -0.15) is 13.2 Å². The number of carbonyl (C=O) groups is 1. The molecule has 1 heterocycles. The molecule has 0 saturated carbocycles. The number of ether oxygens (including phenoxy) is 2. The molecule has 3 atom stereocenters. The highest BCUT2D eigenvalue weighted by atomic mass is 32.2. The maximum absolute atomic E-state index is 14.0. The molecular formula is C26H37F3N4O6S. The lowest BCUT2D eigenvalue weighted by molar-refractivity contribution is -0.161. The third-order valence-electron chi connectivity index (χ3n) is 5.99. The molecule has 10 nitrogen and oxygen atoms in total. The first-order valence-electron chi connectivity index (χ1n) is 12.6. The number of benzene rings is 1. The summed E-state index contributed by atoms with van der Waals surface area (Å²) in [7, 11) is -0.427. The zero-order valence-electron chi connectivity index (χ0n) is 23.1. The van der Waals surface area contributed by atoms with Crippen LogP contribution in [0, 0.1) is 5.92 Å². The van der Waals surface area contributed by atoms with Gasteiger partial charge in [0.25, 0.3) is 0 Å². The Morgan fingerprint density at radius 3 is 2.33 bits per heavy atom. The number of alkyl halides is 3. The number of hydrogen-bond acceptors (Lipinski definition) is 8. The second-order valence-electron chi connectivity index (χ2n) is 9.88. The van der Waals surface area contributed by atoms with Gasteiger partial charge in [0, 0.05) is 37.2 Å². The Kier molecular flexibility index (Phi) is 11.9. The normalized spacial score (nSPS) is 14.3. The number of halogens is 3. The Morgan fingerprint density at radius 2 is 1.80 bits per heavy atom. The summed E-state index contributed by atoms with van der Waals surface area (Å²) < 4.78 is 76.3. The number of amides is 1. The van der Waals surface area contributed by atoms with Gasteiger partial charge in [0.15, 0.2) is 0 Å². The first-order valence-corrected chi connectivity index (χ1v) is 14.6. The van der Waals surface area contributed by atoms with Gasteiger partial charge in [0.1, 0.15) is 27.4 Å². The maximum atomic E-state index is 14.0. The number of anilines is 1. The van der Waals surface area contributed by atoms with Crippen LogP contribution in [0.5, 0.6) is 11.5 Å². The van der Waals surface area contributed by atoms with Crippen molar-refractivity contribution in [3.63, 3.8) is 0 Å². The fourth-order valence-electron chi connectivity index (χ4n) is 3.97. The first-order chi connectivity index (χ1) is 18.6. The van der Waals surface area contributed by atoms with E-state index in [1.165, 1.54) is 14.2 Å². The second kappa shape index (κ2) is 14.4. The summed E-state index contributed by atoms with van der Waals surface area (Å²) in [6, 6.07) is 2.80. The van der Waals surface area contributed by atoms with E-state index >= 15 is 0 Å². The molecule has 0 aliphatic carbocycles. The molecule has 0 radical (unpaired) electrons. The number of aromatic amines is 1. The Labute approximate surface area is 232 Å². The highest BCUT2D eigenvalue weighted by Crippen LogP contribution is 2.33.